The number of carboxylic acids is 1. The number of para-hydroxylation sites is 1. The number of hydrogen-bond acceptors (Lipinski definition) is 3. The van der Waals surface area contributed by atoms with Gasteiger partial charge in [0.25, 0.3) is 0 Å². The molecule has 0 aliphatic carbocycles. The molecular formula is C9H7ClO4. The molecule has 2 rings (SSSR count). The summed E-state index contributed by atoms with van der Waals surface area (Å²) in [5.74, 6) is -0.279. The molecular weight excluding hydrogens is 208 g/mol. The maximum Gasteiger partial charge on any atom is 0.348 e. The zero-order valence-corrected chi connectivity index (χ0v) is 7.82. The number of halogens is 1. The molecule has 0 amide bonds. The van der Waals surface area contributed by atoms with Gasteiger partial charge in [0.2, 0.25) is 6.10 Å². The second-order valence-corrected chi connectivity index (χ2v) is 3.23. The van der Waals surface area contributed by atoms with E-state index < -0.39 is 12.1 Å². The Morgan fingerprint density at radius 3 is 3.07 bits per heavy atom. The van der Waals surface area contributed by atoms with E-state index in [1.165, 1.54) is 0 Å². The van der Waals surface area contributed by atoms with Crippen molar-refractivity contribution in [1.29, 1.82) is 0 Å². The fourth-order valence-electron chi connectivity index (χ4n) is 1.18. The first kappa shape index (κ1) is 9.15. The van der Waals surface area contributed by atoms with E-state index in [-0.39, 0.29) is 6.61 Å². The predicted molar refractivity (Wildman–Crippen MR) is 49.0 cm³/mol. The minimum absolute atomic E-state index is 0.00265. The Morgan fingerprint density at radius 2 is 2.36 bits per heavy atom. The fraction of sp³-hybridized carbons (Fsp3) is 0.222. The molecule has 0 spiro atoms. The van der Waals surface area contributed by atoms with Crippen LogP contribution < -0.4 is 9.47 Å². The van der Waals surface area contributed by atoms with E-state index >= 15 is 0 Å². The second-order valence-electron chi connectivity index (χ2n) is 2.82. The van der Waals surface area contributed by atoms with Crippen molar-refractivity contribution < 1.29 is 19.4 Å². The molecule has 1 atom stereocenters. The Morgan fingerprint density at radius 1 is 1.57 bits per heavy atom. The second kappa shape index (κ2) is 3.38. The molecule has 1 N–H and O–H groups in total. The van der Waals surface area contributed by atoms with Crippen LogP contribution in [0.15, 0.2) is 18.2 Å². The lowest BCUT2D eigenvalue weighted by atomic mass is 10.2. The number of aliphatic carboxylic acids is 1. The van der Waals surface area contributed by atoms with E-state index in [1.54, 1.807) is 18.2 Å². The van der Waals surface area contributed by atoms with Crippen molar-refractivity contribution in [1.82, 2.24) is 0 Å². The average molecular weight is 215 g/mol. The largest absolute Gasteiger partial charge is 0.485 e. The van der Waals surface area contributed by atoms with Crippen molar-refractivity contribution in [2.45, 2.75) is 6.10 Å². The van der Waals surface area contributed by atoms with Crippen molar-refractivity contribution in [3.63, 3.8) is 0 Å². The van der Waals surface area contributed by atoms with Crippen LogP contribution in [-0.2, 0) is 4.79 Å². The summed E-state index contributed by atoms with van der Waals surface area (Å²) in [5, 5.41) is 9.06. The third-order valence-electron chi connectivity index (χ3n) is 1.86. The summed E-state index contributed by atoms with van der Waals surface area (Å²) in [7, 11) is 0. The van der Waals surface area contributed by atoms with Crippen molar-refractivity contribution in [2.24, 2.45) is 0 Å². The van der Waals surface area contributed by atoms with E-state index in [2.05, 4.69) is 0 Å². The molecule has 1 heterocycles. The molecule has 0 bridgehead atoms. The third kappa shape index (κ3) is 1.48. The SMILES string of the molecule is O=C(O)[C@@H]1COc2cccc(Cl)c2O1. The molecule has 4 nitrogen and oxygen atoms in total. The Labute approximate surface area is 85.0 Å². The lowest BCUT2D eigenvalue weighted by molar-refractivity contribution is -0.147. The Bertz CT molecular complexity index is 377. The van der Waals surface area contributed by atoms with Crippen LogP contribution in [0.3, 0.4) is 0 Å². The van der Waals surface area contributed by atoms with Crippen molar-refractivity contribution in [2.75, 3.05) is 6.61 Å². The summed E-state index contributed by atoms with van der Waals surface area (Å²) in [6.45, 7) is 0.00265. The Kier molecular flexibility index (Phi) is 2.21. The van der Waals surface area contributed by atoms with Gasteiger partial charge in [0.1, 0.15) is 6.61 Å². The first-order valence-corrected chi connectivity index (χ1v) is 4.37. The molecule has 0 saturated carbocycles. The van der Waals surface area contributed by atoms with Gasteiger partial charge < -0.3 is 14.6 Å². The Hall–Kier alpha value is -1.42. The molecule has 1 aromatic carbocycles. The summed E-state index contributed by atoms with van der Waals surface area (Å²) < 4.78 is 10.4. The van der Waals surface area contributed by atoms with Gasteiger partial charge in [-0.2, -0.15) is 0 Å². The van der Waals surface area contributed by atoms with E-state index in [4.69, 9.17) is 26.2 Å². The van der Waals surface area contributed by atoms with Crippen LogP contribution in [-0.4, -0.2) is 23.8 Å². The zero-order valence-electron chi connectivity index (χ0n) is 7.07. The van der Waals surface area contributed by atoms with E-state index in [0.29, 0.717) is 16.5 Å². The van der Waals surface area contributed by atoms with Gasteiger partial charge in [0, 0.05) is 0 Å². The highest BCUT2D eigenvalue weighted by Gasteiger charge is 2.28. The highest BCUT2D eigenvalue weighted by atomic mass is 35.5. The van der Waals surface area contributed by atoms with Gasteiger partial charge in [-0.3, -0.25) is 0 Å². The summed E-state index contributed by atoms with van der Waals surface area (Å²) in [4.78, 5) is 10.6. The normalized spacial score (nSPS) is 19.1. The molecule has 5 heteroatoms. The van der Waals surface area contributed by atoms with Crippen LogP contribution in [0.2, 0.25) is 5.02 Å². The van der Waals surface area contributed by atoms with Gasteiger partial charge in [-0.15, -0.1) is 0 Å². The highest BCUT2D eigenvalue weighted by molar-refractivity contribution is 6.32. The molecule has 0 radical (unpaired) electrons. The number of rotatable bonds is 1. The fourth-order valence-corrected chi connectivity index (χ4v) is 1.39. The van der Waals surface area contributed by atoms with Crippen LogP contribution in [0.25, 0.3) is 0 Å². The monoisotopic (exact) mass is 214 g/mol. The van der Waals surface area contributed by atoms with Gasteiger partial charge in [0.05, 0.1) is 5.02 Å². The molecule has 1 aliphatic rings. The van der Waals surface area contributed by atoms with E-state index in [9.17, 15) is 4.79 Å². The van der Waals surface area contributed by atoms with Gasteiger partial charge in [-0.05, 0) is 12.1 Å². The first-order valence-electron chi connectivity index (χ1n) is 3.99. The van der Waals surface area contributed by atoms with Crippen LogP contribution in [0.1, 0.15) is 0 Å². The Balaban J connectivity index is 2.33. The van der Waals surface area contributed by atoms with E-state index in [1.807, 2.05) is 0 Å². The number of carboxylic acid groups (broad SMARTS) is 1. The molecule has 0 aromatic heterocycles. The van der Waals surface area contributed by atoms with Gasteiger partial charge in [-0.25, -0.2) is 4.79 Å². The predicted octanol–water partition coefficient (Wildman–Crippen LogP) is 1.56. The summed E-state index contributed by atoms with van der Waals surface area (Å²) in [6.07, 6.45) is -0.984. The zero-order chi connectivity index (χ0) is 10.1. The standard InChI is InChI=1S/C9H7ClO4/c10-5-2-1-3-6-8(5)14-7(4-13-6)9(11)12/h1-3,7H,4H2,(H,11,12)/t7-/m0/s1. The maximum absolute atomic E-state index is 10.6. The minimum Gasteiger partial charge on any atom is -0.485 e. The molecule has 0 unspecified atom stereocenters. The van der Waals surface area contributed by atoms with Crippen molar-refractivity contribution in [3.8, 4) is 11.5 Å². The lowest BCUT2D eigenvalue weighted by Crippen LogP contribution is -2.36. The van der Waals surface area contributed by atoms with Crippen LogP contribution in [0.4, 0.5) is 0 Å². The van der Waals surface area contributed by atoms with Gasteiger partial charge in [-0.1, -0.05) is 17.7 Å². The van der Waals surface area contributed by atoms with Crippen molar-refractivity contribution in [3.05, 3.63) is 23.2 Å². The summed E-state index contributed by atoms with van der Waals surface area (Å²) in [6, 6.07) is 5.01. The number of fused-ring (bicyclic) bond motifs is 1. The highest BCUT2D eigenvalue weighted by Crippen LogP contribution is 2.37. The van der Waals surface area contributed by atoms with Crippen molar-refractivity contribution >= 4 is 17.6 Å². The smallest absolute Gasteiger partial charge is 0.348 e. The lowest BCUT2D eigenvalue weighted by Gasteiger charge is -2.24. The number of carbonyl (C=O) groups is 1. The number of benzene rings is 1. The van der Waals surface area contributed by atoms with Gasteiger partial charge >= 0.3 is 5.97 Å². The molecule has 1 aromatic rings. The summed E-state index contributed by atoms with van der Waals surface area (Å²) in [5.41, 5.74) is 0. The number of hydrogen-bond donors (Lipinski definition) is 1. The minimum atomic E-state index is -1.06. The topological polar surface area (TPSA) is 55.8 Å². The van der Waals surface area contributed by atoms with Crippen LogP contribution >= 0.6 is 11.6 Å². The summed E-state index contributed by atoms with van der Waals surface area (Å²) >= 11 is 5.81. The quantitative estimate of drug-likeness (QED) is 0.771. The third-order valence-corrected chi connectivity index (χ3v) is 2.15. The maximum atomic E-state index is 10.6. The molecule has 0 saturated heterocycles. The molecule has 74 valence electrons. The van der Waals surface area contributed by atoms with Crippen LogP contribution in [0, 0.1) is 0 Å². The van der Waals surface area contributed by atoms with E-state index in [0.717, 1.165) is 0 Å². The average Bonchev–Trinajstić information content (AvgIpc) is 2.18. The van der Waals surface area contributed by atoms with Gasteiger partial charge in [0.15, 0.2) is 11.5 Å². The number of ether oxygens (including phenoxy) is 2. The molecule has 1 aliphatic heterocycles. The molecule has 14 heavy (non-hydrogen) atoms. The first-order chi connectivity index (χ1) is 6.68. The molecule has 0 fully saturated rings. The van der Waals surface area contributed by atoms with Crippen LogP contribution in [0.5, 0.6) is 11.5 Å².